The maximum absolute atomic E-state index is 5.84. The minimum atomic E-state index is 0.296. The number of ether oxygens (including phenoxy) is 2. The van der Waals surface area contributed by atoms with E-state index in [0.29, 0.717) is 18.8 Å². The van der Waals surface area contributed by atoms with Crippen molar-refractivity contribution in [3.63, 3.8) is 0 Å². The third-order valence-electron chi connectivity index (χ3n) is 3.16. The van der Waals surface area contributed by atoms with Crippen LogP contribution in [0.3, 0.4) is 0 Å². The third-order valence-corrected chi connectivity index (χ3v) is 3.16. The predicted octanol–water partition coefficient (Wildman–Crippen LogP) is 3.03. The van der Waals surface area contributed by atoms with Crippen LogP contribution < -0.4 is 4.74 Å². The van der Waals surface area contributed by atoms with Crippen molar-refractivity contribution in [3.8, 4) is 5.75 Å². The third kappa shape index (κ3) is 2.38. The molecule has 2 unspecified atom stereocenters. The number of epoxide rings is 1. The lowest BCUT2D eigenvalue weighted by molar-refractivity contribution is 0.258. The number of hydrogen-bond donors (Lipinski definition) is 0. The molecule has 2 nitrogen and oxygen atoms in total. The highest BCUT2D eigenvalue weighted by Gasteiger charge is 2.34. The maximum Gasteiger partial charge on any atom is 0.125 e. The molecule has 2 heteroatoms. The molecule has 88 valence electrons. The summed E-state index contributed by atoms with van der Waals surface area (Å²) in [6, 6.07) is 4.42. The second kappa shape index (κ2) is 4.46. The highest BCUT2D eigenvalue weighted by molar-refractivity contribution is 5.43. The van der Waals surface area contributed by atoms with Crippen molar-refractivity contribution >= 4 is 0 Å². The lowest BCUT2D eigenvalue weighted by atomic mass is 10.0. The molecule has 1 aliphatic heterocycles. The Hall–Kier alpha value is -1.02. The lowest BCUT2D eigenvalue weighted by Gasteiger charge is -2.12. The topological polar surface area (TPSA) is 21.8 Å². The van der Waals surface area contributed by atoms with Crippen molar-refractivity contribution in [1.29, 1.82) is 0 Å². The fourth-order valence-corrected chi connectivity index (χ4v) is 2.04. The summed E-state index contributed by atoms with van der Waals surface area (Å²) < 4.78 is 11.2. The van der Waals surface area contributed by atoms with E-state index in [2.05, 4.69) is 39.8 Å². The Labute approximate surface area is 97.6 Å². The molecule has 0 aliphatic carbocycles. The van der Waals surface area contributed by atoms with Gasteiger partial charge in [0, 0.05) is 0 Å². The SMILES string of the molecule is CCc1cc(C)c(OCC2OC2C)c(C)c1. The van der Waals surface area contributed by atoms with Crippen LogP contribution in [0.4, 0.5) is 0 Å². The van der Waals surface area contributed by atoms with Gasteiger partial charge < -0.3 is 9.47 Å². The first-order valence-electron chi connectivity index (χ1n) is 6.00. The highest BCUT2D eigenvalue weighted by atomic mass is 16.6. The first-order chi connectivity index (χ1) is 7.61. The van der Waals surface area contributed by atoms with Gasteiger partial charge >= 0.3 is 0 Å². The normalized spacial score (nSPS) is 23.2. The average Bonchev–Trinajstić information content (AvgIpc) is 2.93. The highest BCUT2D eigenvalue weighted by Crippen LogP contribution is 2.28. The first kappa shape index (κ1) is 11.5. The van der Waals surface area contributed by atoms with Crippen molar-refractivity contribution in [2.24, 2.45) is 0 Å². The van der Waals surface area contributed by atoms with Gasteiger partial charge in [-0.15, -0.1) is 0 Å². The van der Waals surface area contributed by atoms with Crippen LogP contribution in [0.2, 0.25) is 0 Å². The van der Waals surface area contributed by atoms with Crippen LogP contribution in [0.1, 0.15) is 30.5 Å². The number of hydrogen-bond acceptors (Lipinski definition) is 2. The Balaban J connectivity index is 2.07. The predicted molar refractivity (Wildman–Crippen MR) is 65.1 cm³/mol. The van der Waals surface area contributed by atoms with Crippen LogP contribution in [0.5, 0.6) is 5.75 Å². The maximum atomic E-state index is 5.84. The zero-order valence-electron chi connectivity index (χ0n) is 10.5. The van der Waals surface area contributed by atoms with Gasteiger partial charge in [-0.2, -0.15) is 0 Å². The summed E-state index contributed by atoms with van der Waals surface area (Å²) in [6.07, 6.45) is 1.74. The van der Waals surface area contributed by atoms with Gasteiger partial charge in [-0.25, -0.2) is 0 Å². The van der Waals surface area contributed by atoms with Crippen molar-refractivity contribution in [2.75, 3.05) is 6.61 Å². The Morgan fingerprint density at radius 1 is 1.25 bits per heavy atom. The van der Waals surface area contributed by atoms with Crippen molar-refractivity contribution in [2.45, 2.75) is 46.3 Å². The Kier molecular flexibility index (Phi) is 3.20. The molecular weight excluding hydrogens is 200 g/mol. The van der Waals surface area contributed by atoms with E-state index in [1.165, 1.54) is 16.7 Å². The van der Waals surface area contributed by atoms with E-state index >= 15 is 0 Å². The molecule has 1 fully saturated rings. The van der Waals surface area contributed by atoms with E-state index in [1.807, 2.05) is 0 Å². The zero-order chi connectivity index (χ0) is 11.7. The second-order valence-electron chi connectivity index (χ2n) is 4.60. The van der Waals surface area contributed by atoms with Gasteiger partial charge in [-0.1, -0.05) is 19.1 Å². The molecule has 0 aromatic heterocycles. The second-order valence-corrected chi connectivity index (χ2v) is 4.60. The van der Waals surface area contributed by atoms with Crippen LogP contribution in [-0.4, -0.2) is 18.8 Å². The van der Waals surface area contributed by atoms with Crippen molar-refractivity contribution in [3.05, 3.63) is 28.8 Å². The molecule has 0 amide bonds. The Bertz CT molecular complexity index is 361. The lowest BCUT2D eigenvalue weighted by Crippen LogP contribution is -2.08. The van der Waals surface area contributed by atoms with E-state index < -0.39 is 0 Å². The van der Waals surface area contributed by atoms with Gasteiger partial charge in [0.1, 0.15) is 18.5 Å². The molecule has 1 aromatic carbocycles. The number of benzene rings is 1. The summed E-state index contributed by atoms with van der Waals surface area (Å²) in [5.74, 6) is 1.03. The molecule has 2 rings (SSSR count). The molecular formula is C14H20O2. The molecule has 1 aromatic rings. The largest absolute Gasteiger partial charge is 0.490 e. The van der Waals surface area contributed by atoms with Gasteiger partial charge in [0.05, 0.1) is 6.10 Å². The first-order valence-corrected chi connectivity index (χ1v) is 6.00. The standard InChI is InChI=1S/C14H20O2/c1-5-12-6-9(2)14(10(3)7-12)15-8-13-11(4)16-13/h6-7,11,13H,5,8H2,1-4H3. The summed E-state index contributed by atoms with van der Waals surface area (Å²) >= 11 is 0. The van der Waals surface area contributed by atoms with E-state index in [-0.39, 0.29) is 0 Å². The van der Waals surface area contributed by atoms with Gasteiger partial charge in [-0.05, 0) is 43.9 Å². The van der Waals surface area contributed by atoms with E-state index in [0.717, 1.165) is 12.2 Å². The number of rotatable bonds is 4. The van der Waals surface area contributed by atoms with Crippen molar-refractivity contribution < 1.29 is 9.47 Å². The fourth-order valence-electron chi connectivity index (χ4n) is 2.04. The van der Waals surface area contributed by atoms with E-state index in [1.54, 1.807) is 0 Å². The van der Waals surface area contributed by atoms with E-state index in [9.17, 15) is 0 Å². The zero-order valence-corrected chi connectivity index (χ0v) is 10.5. The van der Waals surface area contributed by atoms with Crippen LogP contribution >= 0.6 is 0 Å². The van der Waals surface area contributed by atoms with Crippen LogP contribution in [0.15, 0.2) is 12.1 Å². The number of aryl methyl sites for hydroxylation is 3. The van der Waals surface area contributed by atoms with E-state index in [4.69, 9.17) is 9.47 Å². The summed E-state index contributed by atoms with van der Waals surface area (Å²) in [4.78, 5) is 0. The smallest absolute Gasteiger partial charge is 0.125 e. The van der Waals surface area contributed by atoms with Gasteiger partial charge in [0.2, 0.25) is 0 Å². The monoisotopic (exact) mass is 220 g/mol. The average molecular weight is 220 g/mol. The molecule has 1 aliphatic rings. The van der Waals surface area contributed by atoms with Gasteiger partial charge in [0.15, 0.2) is 0 Å². The van der Waals surface area contributed by atoms with Crippen molar-refractivity contribution in [1.82, 2.24) is 0 Å². The molecule has 0 saturated carbocycles. The Morgan fingerprint density at radius 3 is 2.25 bits per heavy atom. The molecule has 0 bridgehead atoms. The van der Waals surface area contributed by atoms with Crippen LogP contribution in [-0.2, 0) is 11.2 Å². The quantitative estimate of drug-likeness (QED) is 0.727. The molecule has 2 atom stereocenters. The molecule has 0 spiro atoms. The molecule has 0 radical (unpaired) electrons. The van der Waals surface area contributed by atoms with Gasteiger partial charge in [-0.3, -0.25) is 0 Å². The molecule has 16 heavy (non-hydrogen) atoms. The fraction of sp³-hybridized carbons (Fsp3) is 0.571. The summed E-state index contributed by atoms with van der Waals surface area (Å²) in [5.41, 5.74) is 3.83. The summed E-state index contributed by atoms with van der Waals surface area (Å²) in [7, 11) is 0. The minimum absolute atomic E-state index is 0.296. The molecule has 0 N–H and O–H groups in total. The van der Waals surface area contributed by atoms with Gasteiger partial charge in [0.25, 0.3) is 0 Å². The van der Waals surface area contributed by atoms with Crippen LogP contribution in [0.25, 0.3) is 0 Å². The molecule has 1 saturated heterocycles. The summed E-state index contributed by atoms with van der Waals surface area (Å²) in [6.45, 7) is 9.15. The minimum Gasteiger partial charge on any atom is -0.490 e. The summed E-state index contributed by atoms with van der Waals surface area (Å²) in [5, 5.41) is 0. The Morgan fingerprint density at radius 2 is 1.81 bits per heavy atom. The van der Waals surface area contributed by atoms with Crippen LogP contribution in [0, 0.1) is 13.8 Å². The molecule has 1 heterocycles.